The van der Waals surface area contributed by atoms with Gasteiger partial charge in [0.05, 0.1) is 12.5 Å². The van der Waals surface area contributed by atoms with Gasteiger partial charge in [-0.25, -0.2) is 19.6 Å². The van der Waals surface area contributed by atoms with E-state index in [1.54, 1.807) is 12.5 Å². The van der Waals surface area contributed by atoms with Crippen molar-refractivity contribution in [2.75, 3.05) is 0 Å². The lowest BCUT2D eigenvalue weighted by molar-refractivity contribution is 0.315. The van der Waals surface area contributed by atoms with E-state index >= 15 is 0 Å². The lowest BCUT2D eigenvalue weighted by atomic mass is 10.2. The van der Waals surface area contributed by atoms with E-state index in [0.717, 1.165) is 22.1 Å². The lowest BCUT2D eigenvalue weighted by Crippen LogP contribution is -1.89. The van der Waals surface area contributed by atoms with E-state index in [1.165, 1.54) is 11.8 Å². The van der Waals surface area contributed by atoms with Gasteiger partial charge in [-0.2, -0.15) is 0 Å². The quantitative estimate of drug-likeness (QED) is 0.455. The third kappa shape index (κ3) is 1.90. The molecule has 4 rings (SSSR count). The van der Waals surface area contributed by atoms with Crippen LogP contribution in [0.15, 0.2) is 40.5 Å². The van der Waals surface area contributed by atoms with Crippen molar-refractivity contribution in [1.82, 2.24) is 30.2 Å². The molecule has 98 valence electrons. The molecule has 0 fully saturated rings. The van der Waals surface area contributed by atoms with Gasteiger partial charge in [-0.1, -0.05) is 23.9 Å². The van der Waals surface area contributed by atoms with E-state index in [9.17, 15) is 0 Å². The minimum Gasteiger partial charge on any atom is -0.342 e. The van der Waals surface area contributed by atoms with Crippen LogP contribution in [0.25, 0.3) is 22.2 Å². The van der Waals surface area contributed by atoms with Crippen LogP contribution in [0.4, 0.5) is 0 Å². The van der Waals surface area contributed by atoms with E-state index in [-0.39, 0.29) is 0 Å². The maximum atomic E-state index is 4.75. The molecule has 4 aromatic rings. The van der Waals surface area contributed by atoms with Gasteiger partial charge in [-0.05, 0) is 21.9 Å². The molecule has 8 heteroatoms. The molecule has 0 bridgehead atoms. The summed E-state index contributed by atoms with van der Waals surface area (Å²) >= 11 is 1.52. The standard InChI is InChI=1S/C12H8N6OS/c1-2-7(10-8(3-1)17-19-18-10)5-20-12-13-4-9-11(16-12)15-6-14-9/h1-4,6H,5H2,(H,13,14,15,16). The molecule has 0 unspecified atom stereocenters. The average Bonchev–Trinajstić information content (AvgIpc) is 3.13. The summed E-state index contributed by atoms with van der Waals surface area (Å²) in [5.41, 5.74) is 4.08. The molecular weight excluding hydrogens is 276 g/mol. The Morgan fingerprint density at radius 2 is 2.20 bits per heavy atom. The fourth-order valence-corrected chi connectivity index (χ4v) is 2.71. The molecule has 0 radical (unpaired) electrons. The molecule has 3 heterocycles. The summed E-state index contributed by atoms with van der Waals surface area (Å²) in [6.07, 6.45) is 3.34. The van der Waals surface area contributed by atoms with Crippen LogP contribution in [-0.2, 0) is 5.75 Å². The Balaban J connectivity index is 1.61. The van der Waals surface area contributed by atoms with Gasteiger partial charge in [-0.3, -0.25) is 0 Å². The van der Waals surface area contributed by atoms with Gasteiger partial charge >= 0.3 is 0 Å². The van der Waals surface area contributed by atoms with Crippen LogP contribution >= 0.6 is 11.8 Å². The molecule has 0 spiro atoms. The second kappa shape index (κ2) is 4.57. The molecular formula is C12H8N6OS. The van der Waals surface area contributed by atoms with Crippen molar-refractivity contribution in [3.05, 3.63) is 36.3 Å². The molecule has 0 aliphatic carbocycles. The van der Waals surface area contributed by atoms with Crippen LogP contribution in [0.2, 0.25) is 0 Å². The Morgan fingerprint density at radius 3 is 3.20 bits per heavy atom. The van der Waals surface area contributed by atoms with Crippen molar-refractivity contribution in [3.8, 4) is 0 Å². The summed E-state index contributed by atoms with van der Waals surface area (Å²) in [6, 6.07) is 5.79. The minimum atomic E-state index is 0.670. The zero-order valence-corrected chi connectivity index (χ0v) is 11.0. The highest BCUT2D eigenvalue weighted by Gasteiger charge is 2.08. The fraction of sp³-hybridized carbons (Fsp3) is 0.0833. The predicted molar refractivity (Wildman–Crippen MR) is 73.0 cm³/mol. The number of aromatic amines is 1. The molecule has 20 heavy (non-hydrogen) atoms. The van der Waals surface area contributed by atoms with E-state index < -0.39 is 0 Å². The van der Waals surface area contributed by atoms with Crippen molar-refractivity contribution in [1.29, 1.82) is 0 Å². The Kier molecular flexibility index (Phi) is 2.59. The molecule has 0 saturated heterocycles. The van der Waals surface area contributed by atoms with E-state index in [2.05, 4.69) is 30.2 Å². The molecule has 1 N–H and O–H groups in total. The molecule has 1 aromatic carbocycles. The van der Waals surface area contributed by atoms with Gasteiger partial charge in [0.15, 0.2) is 10.8 Å². The first-order valence-corrected chi connectivity index (χ1v) is 6.88. The SMILES string of the molecule is c1cc(CSc2ncc3[nH]cnc3n2)c2nonc2c1. The van der Waals surface area contributed by atoms with Gasteiger partial charge in [0.2, 0.25) is 0 Å². The fourth-order valence-electron chi connectivity index (χ4n) is 1.91. The maximum absolute atomic E-state index is 4.75. The summed E-state index contributed by atoms with van der Waals surface area (Å²) in [5.74, 6) is 0.696. The van der Waals surface area contributed by atoms with E-state index in [4.69, 9.17) is 4.63 Å². The van der Waals surface area contributed by atoms with Crippen molar-refractivity contribution in [2.24, 2.45) is 0 Å². The van der Waals surface area contributed by atoms with Crippen LogP contribution < -0.4 is 0 Å². The van der Waals surface area contributed by atoms with Crippen molar-refractivity contribution in [3.63, 3.8) is 0 Å². The number of imidazole rings is 1. The summed E-state index contributed by atoms with van der Waals surface area (Å²) in [7, 11) is 0. The van der Waals surface area contributed by atoms with Crippen LogP contribution in [-0.4, -0.2) is 30.2 Å². The second-order valence-corrected chi connectivity index (χ2v) is 5.07. The smallest absolute Gasteiger partial charge is 0.190 e. The van der Waals surface area contributed by atoms with E-state index in [0.29, 0.717) is 16.6 Å². The average molecular weight is 284 g/mol. The highest BCUT2D eigenvalue weighted by molar-refractivity contribution is 7.98. The molecule has 0 amide bonds. The van der Waals surface area contributed by atoms with E-state index in [1.807, 2.05) is 18.2 Å². The van der Waals surface area contributed by atoms with Crippen LogP contribution in [0.1, 0.15) is 5.56 Å². The van der Waals surface area contributed by atoms with Crippen molar-refractivity contribution in [2.45, 2.75) is 10.9 Å². The van der Waals surface area contributed by atoms with Crippen LogP contribution in [0.5, 0.6) is 0 Å². The zero-order valence-electron chi connectivity index (χ0n) is 10.1. The highest BCUT2D eigenvalue weighted by atomic mass is 32.2. The van der Waals surface area contributed by atoms with Gasteiger partial charge in [-0.15, -0.1) is 0 Å². The Morgan fingerprint density at radius 1 is 1.20 bits per heavy atom. The van der Waals surface area contributed by atoms with Gasteiger partial charge in [0.25, 0.3) is 0 Å². The topological polar surface area (TPSA) is 93.4 Å². The minimum absolute atomic E-state index is 0.670. The third-order valence-corrected chi connectivity index (χ3v) is 3.79. The lowest BCUT2D eigenvalue weighted by Gasteiger charge is -2.00. The van der Waals surface area contributed by atoms with Crippen molar-refractivity contribution < 1.29 is 4.63 Å². The Labute approximate surface area is 116 Å². The summed E-state index contributed by atoms with van der Waals surface area (Å²) in [4.78, 5) is 15.7. The third-order valence-electron chi connectivity index (χ3n) is 2.88. The number of nitrogens with zero attached hydrogens (tertiary/aromatic N) is 5. The first-order chi connectivity index (χ1) is 9.90. The largest absolute Gasteiger partial charge is 0.342 e. The summed E-state index contributed by atoms with van der Waals surface area (Å²) < 4.78 is 4.75. The first-order valence-electron chi connectivity index (χ1n) is 5.89. The maximum Gasteiger partial charge on any atom is 0.190 e. The second-order valence-electron chi connectivity index (χ2n) is 4.13. The normalized spacial score (nSPS) is 11.4. The molecule has 0 aliphatic heterocycles. The predicted octanol–water partition coefficient (Wildman–Crippen LogP) is 2.18. The molecule has 0 atom stereocenters. The molecule has 3 aromatic heterocycles. The van der Waals surface area contributed by atoms with Crippen LogP contribution in [0, 0.1) is 0 Å². The van der Waals surface area contributed by atoms with Crippen molar-refractivity contribution >= 4 is 34.0 Å². The summed E-state index contributed by atoms with van der Waals surface area (Å²) in [6.45, 7) is 0. The summed E-state index contributed by atoms with van der Waals surface area (Å²) in [5, 5.41) is 8.42. The number of hydrogen-bond acceptors (Lipinski definition) is 7. The number of rotatable bonds is 3. The Bertz CT molecular complexity index is 886. The number of H-pyrrole nitrogens is 1. The van der Waals surface area contributed by atoms with Gasteiger partial charge in [0.1, 0.15) is 16.6 Å². The van der Waals surface area contributed by atoms with Gasteiger partial charge in [0, 0.05) is 5.75 Å². The highest BCUT2D eigenvalue weighted by Crippen LogP contribution is 2.24. The monoisotopic (exact) mass is 284 g/mol. The number of hydrogen-bond donors (Lipinski definition) is 1. The number of nitrogens with one attached hydrogen (secondary N) is 1. The Hall–Kier alpha value is -2.48. The number of aromatic nitrogens is 6. The zero-order chi connectivity index (χ0) is 13.4. The molecule has 0 saturated carbocycles. The molecule has 0 aliphatic rings. The number of benzene rings is 1. The first kappa shape index (κ1) is 11.4. The van der Waals surface area contributed by atoms with Gasteiger partial charge < -0.3 is 4.98 Å². The van der Waals surface area contributed by atoms with Crippen LogP contribution in [0.3, 0.4) is 0 Å². The molecule has 7 nitrogen and oxygen atoms in total. The number of thioether (sulfide) groups is 1. The number of fused-ring (bicyclic) bond motifs is 2.